The number of carbonyl (C=O) groups is 1. The molecule has 0 aliphatic heterocycles. The number of carbonyl (C=O) groups excluding carboxylic acids is 1. The lowest BCUT2D eigenvalue weighted by Crippen LogP contribution is -2.20. The third-order valence-electron chi connectivity index (χ3n) is 3.27. The number of anilines is 1. The van der Waals surface area contributed by atoms with Crippen LogP contribution in [0.5, 0.6) is 0 Å². The van der Waals surface area contributed by atoms with Gasteiger partial charge >= 0.3 is 0 Å². The molecule has 108 valence electrons. The lowest BCUT2D eigenvalue weighted by Gasteiger charge is -2.15. The fourth-order valence-corrected chi connectivity index (χ4v) is 2.15. The van der Waals surface area contributed by atoms with Crippen LogP contribution in [0.15, 0.2) is 54.6 Å². The second-order valence-corrected chi connectivity index (χ2v) is 4.66. The van der Waals surface area contributed by atoms with Gasteiger partial charge in [-0.2, -0.15) is 0 Å². The van der Waals surface area contributed by atoms with Gasteiger partial charge in [-0.3, -0.25) is 14.9 Å². The zero-order chi connectivity index (χ0) is 15.2. The van der Waals surface area contributed by atoms with Gasteiger partial charge < -0.3 is 5.32 Å². The molecule has 0 aliphatic carbocycles. The molecular weight excluding hydrogens is 268 g/mol. The van der Waals surface area contributed by atoms with Crippen molar-refractivity contribution in [1.29, 1.82) is 0 Å². The number of nitrogens with zero attached hydrogens (tertiary/aromatic N) is 1. The molecule has 0 saturated heterocycles. The van der Waals surface area contributed by atoms with E-state index < -0.39 is 4.92 Å². The SMILES string of the molecule is CC[C@H](C(=O)Nc1ccc([N+](=O)[O-])cc1)c1ccccc1. The standard InChI is InChI=1S/C16H16N2O3/c1-2-15(12-6-4-3-5-7-12)16(19)17-13-8-10-14(11-9-13)18(20)21/h3-11,15H,2H2,1H3,(H,17,19)/t15-/m0/s1. The molecule has 1 amide bonds. The minimum absolute atomic E-state index is 0.00287. The van der Waals surface area contributed by atoms with E-state index in [-0.39, 0.29) is 17.5 Å². The summed E-state index contributed by atoms with van der Waals surface area (Å²) in [7, 11) is 0. The van der Waals surface area contributed by atoms with E-state index in [0.29, 0.717) is 12.1 Å². The fraction of sp³-hybridized carbons (Fsp3) is 0.188. The maximum Gasteiger partial charge on any atom is 0.269 e. The Morgan fingerprint density at radius 3 is 2.29 bits per heavy atom. The minimum atomic E-state index is -0.468. The van der Waals surface area contributed by atoms with Crippen molar-refractivity contribution in [1.82, 2.24) is 0 Å². The van der Waals surface area contributed by atoms with Gasteiger partial charge in [0.2, 0.25) is 5.91 Å². The van der Waals surface area contributed by atoms with Crippen molar-refractivity contribution in [2.24, 2.45) is 0 Å². The van der Waals surface area contributed by atoms with Crippen LogP contribution >= 0.6 is 0 Å². The average Bonchev–Trinajstić information content (AvgIpc) is 2.49. The molecule has 5 nitrogen and oxygen atoms in total. The van der Waals surface area contributed by atoms with Crippen LogP contribution < -0.4 is 5.32 Å². The van der Waals surface area contributed by atoms with E-state index in [0.717, 1.165) is 5.56 Å². The first-order valence-electron chi connectivity index (χ1n) is 6.72. The Hall–Kier alpha value is -2.69. The molecule has 1 N–H and O–H groups in total. The highest BCUT2D eigenvalue weighted by Crippen LogP contribution is 2.22. The third-order valence-corrected chi connectivity index (χ3v) is 3.27. The van der Waals surface area contributed by atoms with Crippen LogP contribution in [0.3, 0.4) is 0 Å². The first kappa shape index (κ1) is 14.7. The van der Waals surface area contributed by atoms with Crippen molar-refractivity contribution >= 4 is 17.3 Å². The number of benzene rings is 2. The molecule has 2 rings (SSSR count). The summed E-state index contributed by atoms with van der Waals surface area (Å²) < 4.78 is 0. The molecular formula is C16H16N2O3. The Morgan fingerprint density at radius 1 is 1.14 bits per heavy atom. The van der Waals surface area contributed by atoms with Gasteiger partial charge in [-0.25, -0.2) is 0 Å². The van der Waals surface area contributed by atoms with Crippen molar-refractivity contribution in [3.05, 3.63) is 70.3 Å². The molecule has 0 heterocycles. The Bertz CT molecular complexity index is 624. The van der Waals surface area contributed by atoms with E-state index in [9.17, 15) is 14.9 Å². The topological polar surface area (TPSA) is 72.2 Å². The molecule has 0 aromatic heterocycles. The molecule has 0 radical (unpaired) electrons. The second-order valence-electron chi connectivity index (χ2n) is 4.66. The predicted octanol–water partition coefficient (Wildman–Crippen LogP) is 3.73. The molecule has 21 heavy (non-hydrogen) atoms. The number of amides is 1. The molecule has 0 bridgehead atoms. The van der Waals surface area contributed by atoms with Crippen LogP contribution in [-0.4, -0.2) is 10.8 Å². The molecule has 0 saturated carbocycles. The summed E-state index contributed by atoms with van der Waals surface area (Å²) in [4.78, 5) is 22.4. The quantitative estimate of drug-likeness (QED) is 0.671. The summed E-state index contributed by atoms with van der Waals surface area (Å²) in [6, 6.07) is 15.4. The van der Waals surface area contributed by atoms with E-state index >= 15 is 0 Å². The van der Waals surface area contributed by atoms with Gasteiger partial charge in [0.25, 0.3) is 5.69 Å². The second kappa shape index (κ2) is 6.65. The van der Waals surface area contributed by atoms with E-state index in [1.165, 1.54) is 24.3 Å². The van der Waals surface area contributed by atoms with Crippen LogP contribution in [0.2, 0.25) is 0 Å². The number of nitro benzene ring substituents is 1. The third kappa shape index (κ3) is 3.66. The number of hydrogen-bond acceptors (Lipinski definition) is 3. The number of rotatable bonds is 5. The summed E-state index contributed by atoms with van der Waals surface area (Å²) >= 11 is 0. The predicted molar refractivity (Wildman–Crippen MR) is 81.2 cm³/mol. The van der Waals surface area contributed by atoms with Gasteiger partial charge in [0.05, 0.1) is 10.8 Å². The Kier molecular flexibility index (Phi) is 4.66. The van der Waals surface area contributed by atoms with Gasteiger partial charge in [-0.15, -0.1) is 0 Å². The highest BCUT2D eigenvalue weighted by molar-refractivity contribution is 5.95. The maximum absolute atomic E-state index is 12.3. The van der Waals surface area contributed by atoms with E-state index in [1.54, 1.807) is 0 Å². The Morgan fingerprint density at radius 2 is 1.76 bits per heavy atom. The monoisotopic (exact) mass is 284 g/mol. The van der Waals surface area contributed by atoms with Gasteiger partial charge in [0, 0.05) is 17.8 Å². The Balaban J connectivity index is 2.11. The number of non-ortho nitro benzene ring substituents is 1. The van der Waals surface area contributed by atoms with Gasteiger partial charge in [0.1, 0.15) is 0 Å². The van der Waals surface area contributed by atoms with E-state index in [1.807, 2.05) is 37.3 Å². The molecule has 1 atom stereocenters. The largest absolute Gasteiger partial charge is 0.326 e. The van der Waals surface area contributed by atoms with Crippen LogP contribution in [0.1, 0.15) is 24.8 Å². The first-order chi connectivity index (χ1) is 10.1. The van der Waals surface area contributed by atoms with Crippen LogP contribution in [0.25, 0.3) is 0 Å². The first-order valence-corrected chi connectivity index (χ1v) is 6.72. The average molecular weight is 284 g/mol. The summed E-state index contributed by atoms with van der Waals surface area (Å²) in [6.45, 7) is 1.95. The van der Waals surface area contributed by atoms with Crippen molar-refractivity contribution in [3.8, 4) is 0 Å². The van der Waals surface area contributed by atoms with Gasteiger partial charge in [-0.1, -0.05) is 37.3 Å². The number of nitro groups is 1. The summed E-state index contributed by atoms with van der Waals surface area (Å²) in [5.41, 5.74) is 1.52. The highest BCUT2D eigenvalue weighted by Gasteiger charge is 2.18. The van der Waals surface area contributed by atoms with Crippen LogP contribution in [-0.2, 0) is 4.79 Å². The molecule has 2 aromatic rings. The zero-order valence-electron chi connectivity index (χ0n) is 11.7. The highest BCUT2D eigenvalue weighted by atomic mass is 16.6. The number of nitrogens with one attached hydrogen (secondary N) is 1. The molecule has 0 aliphatic rings. The summed E-state index contributed by atoms with van der Waals surface area (Å²) in [5, 5.41) is 13.4. The zero-order valence-corrected chi connectivity index (χ0v) is 11.7. The fourth-order valence-electron chi connectivity index (χ4n) is 2.15. The number of hydrogen-bond donors (Lipinski definition) is 1. The van der Waals surface area contributed by atoms with E-state index in [4.69, 9.17) is 0 Å². The van der Waals surface area contributed by atoms with Crippen molar-refractivity contribution < 1.29 is 9.72 Å². The summed E-state index contributed by atoms with van der Waals surface area (Å²) in [5.74, 6) is -0.348. The van der Waals surface area contributed by atoms with Crippen molar-refractivity contribution in [2.45, 2.75) is 19.3 Å². The summed E-state index contributed by atoms with van der Waals surface area (Å²) in [6.07, 6.45) is 0.683. The Labute approximate surface area is 122 Å². The molecule has 0 unspecified atom stereocenters. The lowest BCUT2D eigenvalue weighted by molar-refractivity contribution is -0.384. The molecule has 2 aromatic carbocycles. The normalized spacial score (nSPS) is 11.7. The van der Waals surface area contributed by atoms with Crippen molar-refractivity contribution in [3.63, 3.8) is 0 Å². The molecule has 5 heteroatoms. The molecule has 0 spiro atoms. The van der Waals surface area contributed by atoms with Crippen molar-refractivity contribution in [2.75, 3.05) is 5.32 Å². The lowest BCUT2D eigenvalue weighted by atomic mass is 9.95. The van der Waals surface area contributed by atoms with Gasteiger partial charge in [0.15, 0.2) is 0 Å². The van der Waals surface area contributed by atoms with Crippen LogP contribution in [0.4, 0.5) is 11.4 Å². The molecule has 0 fully saturated rings. The van der Waals surface area contributed by atoms with E-state index in [2.05, 4.69) is 5.32 Å². The smallest absolute Gasteiger partial charge is 0.269 e. The van der Waals surface area contributed by atoms with Gasteiger partial charge in [-0.05, 0) is 24.1 Å². The van der Waals surface area contributed by atoms with Crippen LogP contribution in [0, 0.1) is 10.1 Å². The minimum Gasteiger partial charge on any atom is -0.326 e. The maximum atomic E-state index is 12.3.